The minimum atomic E-state index is -0.279. The van der Waals surface area contributed by atoms with E-state index in [-0.39, 0.29) is 5.82 Å². The second-order valence-corrected chi connectivity index (χ2v) is 5.05. The summed E-state index contributed by atoms with van der Waals surface area (Å²) in [6, 6.07) is 4.32. The molecule has 0 saturated heterocycles. The standard InChI is InChI=1S/C9H6BrFN2OS/c1-5-4-6(11)2-3-7(5)14-9-13-12-8(10)15-9/h2-4H,1H3. The van der Waals surface area contributed by atoms with Crippen molar-refractivity contribution in [3.05, 3.63) is 33.5 Å². The van der Waals surface area contributed by atoms with Gasteiger partial charge in [0.25, 0.3) is 5.19 Å². The highest BCUT2D eigenvalue weighted by atomic mass is 79.9. The second-order valence-electron chi connectivity index (χ2n) is 2.83. The lowest BCUT2D eigenvalue weighted by Gasteiger charge is -2.04. The van der Waals surface area contributed by atoms with E-state index in [0.717, 1.165) is 5.56 Å². The highest BCUT2D eigenvalue weighted by Crippen LogP contribution is 2.29. The Morgan fingerprint density at radius 2 is 2.20 bits per heavy atom. The van der Waals surface area contributed by atoms with Gasteiger partial charge in [-0.25, -0.2) is 4.39 Å². The fraction of sp³-hybridized carbons (Fsp3) is 0.111. The first-order valence-corrected chi connectivity index (χ1v) is 5.69. The molecule has 1 heterocycles. The summed E-state index contributed by atoms with van der Waals surface area (Å²) in [5.41, 5.74) is 0.723. The number of rotatable bonds is 2. The number of ether oxygens (including phenoxy) is 1. The molecule has 0 amide bonds. The van der Waals surface area contributed by atoms with E-state index in [1.807, 2.05) is 0 Å². The lowest BCUT2D eigenvalue weighted by atomic mass is 10.2. The number of aryl methyl sites for hydroxylation is 1. The first-order valence-electron chi connectivity index (χ1n) is 4.08. The maximum atomic E-state index is 12.8. The SMILES string of the molecule is Cc1cc(F)ccc1Oc1nnc(Br)s1. The summed E-state index contributed by atoms with van der Waals surface area (Å²) in [4.78, 5) is 0. The molecule has 0 spiro atoms. The summed E-state index contributed by atoms with van der Waals surface area (Å²) in [5.74, 6) is 0.304. The molecule has 0 atom stereocenters. The van der Waals surface area contributed by atoms with Crippen LogP contribution in [0, 0.1) is 12.7 Å². The smallest absolute Gasteiger partial charge is 0.300 e. The molecule has 0 N–H and O–H groups in total. The topological polar surface area (TPSA) is 35.0 Å². The Morgan fingerprint density at radius 3 is 2.80 bits per heavy atom. The minimum absolute atomic E-state index is 0.279. The lowest BCUT2D eigenvalue weighted by Crippen LogP contribution is -1.88. The van der Waals surface area contributed by atoms with Crippen LogP contribution in [0.2, 0.25) is 0 Å². The van der Waals surface area contributed by atoms with E-state index in [0.29, 0.717) is 14.9 Å². The molecule has 0 aliphatic carbocycles. The molecule has 0 unspecified atom stereocenters. The molecule has 2 rings (SSSR count). The van der Waals surface area contributed by atoms with E-state index in [1.165, 1.54) is 23.5 Å². The zero-order valence-electron chi connectivity index (χ0n) is 7.70. The van der Waals surface area contributed by atoms with E-state index >= 15 is 0 Å². The highest BCUT2D eigenvalue weighted by molar-refractivity contribution is 9.11. The van der Waals surface area contributed by atoms with Crippen LogP contribution in [-0.2, 0) is 0 Å². The van der Waals surface area contributed by atoms with Crippen LogP contribution in [0.5, 0.6) is 10.9 Å². The average Bonchev–Trinajstić information content (AvgIpc) is 2.56. The third kappa shape index (κ3) is 2.51. The number of halogens is 2. The van der Waals surface area contributed by atoms with E-state index in [2.05, 4.69) is 26.1 Å². The van der Waals surface area contributed by atoms with Crippen LogP contribution in [-0.4, -0.2) is 10.2 Å². The molecular weight excluding hydrogens is 283 g/mol. The van der Waals surface area contributed by atoms with Crippen molar-refractivity contribution in [2.24, 2.45) is 0 Å². The third-order valence-electron chi connectivity index (χ3n) is 1.72. The molecule has 0 radical (unpaired) electrons. The van der Waals surface area contributed by atoms with Crippen molar-refractivity contribution in [2.75, 3.05) is 0 Å². The molecule has 78 valence electrons. The molecule has 0 bridgehead atoms. The predicted molar refractivity (Wildman–Crippen MR) is 58.8 cm³/mol. The molecule has 1 aromatic heterocycles. The maximum absolute atomic E-state index is 12.8. The molecular formula is C9H6BrFN2OS. The zero-order chi connectivity index (χ0) is 10.8. The van der Waals surface area contributed by atoms with Crippen LogP contribution in [0.4, 0.5) is 4.39 Å². The maximum Gasteiger partial charge on any atom is 0.300 e. The molecule has 0 saturated carbocycles. The van der Waals surface area contributed by atoms with Gasteiger partial charge in [0.05, 0.1) is 0 Å². The summed E-state index contributed by atoms with van der Waals surface area (Å²) in [7, 11) is 0. The van der Waals surface area contributed by atoms with E-state index in [9.17, 15) is 4.39 Å². The third-order valence-corrected chi connectivity index (χ3v) is 2.95. The fourth-order valence-corrected chi connectivity index (χ4v) is 1.99. The first kappa shape index (κ1) is 10.5. The van der Waals surface area contributed by atoms with Crippen LogP contribution in [0.25, 0.3) is 0 Å². The van der Waals surface area contributed by atoms with Crippen molar-refractivity contribution < 1.29 is 9.13 Å². The van der Waals surface area contributed by atoms with Crippen LogP contribution < -0.4 is 4.74 Å². The molecule has 0 aliphatic rings. The van der Waals surface area contributed by atoms with Gasteiger partial charge in [0.1, 0.15) is 11.6 Å². The molecule has 15 heavy (non-hydrogen) atoms. The Bertz CT molecular complexity index is 489. The van der Waals surface area contributed by atoms with E-state index < -0.39 is 0 Å². The Kier molecular flexibility index (Phi) is 2.97. The summed E-state index contributed by atoms with van der Waals surface area (Å²) >= 11 is 4.45. The molecule has 3 nitrogen and oxygen atoms in total. The van der Waals surface area contributed by atoms with Crippen molar-refractivity contribution >= 4 is 27.3 Å². The summed E-state index contributed by atoms with van der Waals surface area (Å²) < 4.78 is 18.9. The molecule has 2 aromatic rings. The number of hydrogen-bond donors (Lipinski definition) is 0. The number of benzene rings is 1. The molecule has 1 aromatic carbocycles. The van der Waals surface area contributed by atoms with Gasteiger partial charge in [-0.2, -0.15) is 0 Å². The van der Waals surface area contributed by atoms with Gasteiger partial charge in [-0.05, 0) is 58.0 Å². The molecule has 6 heteroatoms. The largest absolute Gasteiger partial charge is 0.429 e. The van der Waals surface area contributed by atoms with Crippen molar-refractivity contribution in [3.63, 3.8) is 0 Å². The number of nitrogens with zero attached hydrogens (tertiary/aromatic N) is 2. The van der Waals surface area contributed by atoms with Gasteiger partial charge in [0.15, 0.2) is 3.92 Å². The first-order chi connectivity index (χ1) is 7.15. The van der Waals surface area contributed by atoms with Gasteiger partial charge in [-0.3, -0.25) is 0 Å². The minimum Gasteiger partial charge on any atom is -0.429 e. The Labute approximate surface area is 98.0 Å². The van der Waals surface area contributed by atoms with Gasteiger partial charge < -0.3 is 4.74 Å². The van der Waals surface area contributed by atoms with Crippen molar-refractivity contribution in [3.8, 4) is 10.9 Å². The van der Waals surface area contributed by atoms with Gasteiger partial charge in [-0.1, -0.05) is 5.10 Å². The number of aromatic nitrogens is 2. The quantitative estimate of drug-likeness (QED) is 0.848. The number of hydrogen-bond acceptors (Lipinski definition) is 4. The predicted octanol–water partition coefficient (Wildman–Crippen LogP) is 3.54. The van der Waals surface area contributed by atoms with Crippen LogP contribution in [0.1, 0.15) is 5.56 Å². The summed E-state index contributed by atoms with van der Waals surface area (Å²) in [6.45, 7) is 1.77. The highest BCUT2D eigenvalue weighted by Gasteiger charge is 2.06. The average molecular weight is 289 g/mol. The second kappa shape index (κ2) is 4.24. The van der Waals surface area contributed by atoms with Crippen LogP contribution in [0.3, 0.4) is 0 Å². The lowest BCUT2D eigenvalue weighted by molar-refractivity contribution is 0.467. The normalized spacial score (nSPS) is 10.3. The Morgan fingerprint density at radius 1 is 1.40 bits per heavy atom. The summed E-state index contributed by atoms with van der Waals surface area (Å²) in [5, 5.41) is 7.95. The van der Waals surface area contributed by atoms with E-state index in [1.54, 1.807) is 13.0 Å². The van der Waals surface area contributed by atoms with E-state index in [4.69, 9.17) is 4.74 Å². The fourth-order valence-electron chi connectivity index (χ4n) is 1.06. The van der Waals surface area contributed by atoms with Crippen molar-refractivity contribution in [1.29, 1.82) is 0 Å². The van der Waals surface area contributed by atoms with Crippen LogP contribution in [0.15, 0.2) is 22.1 Å². The summed E-state index contributed by atoms with van der Waals surface area (Å²) in [6.07, 6.45) is 0. The Balaban J connectivity index is 2.24. The van der Waals surface area contributed by atoms with Crippen molar-refractivity contribution in [2.45, 2.75) is 6.92 Å². The van der Waals surface area contributed by atoms with Crippen LogP contribution >= 0.6 is 27.3 Å². The van der Waals surface area contributed by atoms with Gasteiger partial charge in [0, 0.05) is 0 Å². The van der Waals surface area contributed by atoms with Gasteiger partial charge >= 0.3 is 0 Å². The monoisotopic (exact) mass is 288 g/mol. The molecule has 0 fully saturated rings. The van der Waals surface area contributed by atoms with Gasteiger partial charge in [0.2, 0.25) is 0 Å². The van der Waals surface area contributed by atoms with Crippen molar-refractivity contribution in [1.82, 2.24) is 10.2 Å². The van der Waals surface area contributed by atoms with Gasteiger partial charge in [-0.15, -0.1) is 5.10 Å². The Hall–Kier alpha value is -1.01. The zero-order valence-corrected chi connectivity index (χ0v) is 10.1. The molecule has 0 aliphatic heterocycles.